The van der Waals surface area contributed by atoms with Gasteiger partial charge in [0.25, 0.3) is 0 Å². The van der Waals surface area contributed by atoms with Crippen LogP contribution in [0.3, 0.4) is 0 Å². The number of aliphatic hydroxyl groups excluding tert-OH is 2. The van der Waals surface area contributed by atoms with Gasteiger partial charge in [0.2, 0.25) is 11.8 Å². The molecule has 2 heterocycles. The van der Waals surface area contributed by atoms with Gasteiger partial charge < -0.3 is 19.7 Å². The van der Waals surface area contributed by atoms with Crippen molar-refractivity contribution in [1.82, 2.24) is 5.32 Å². The molecule has 0 aromatic carbocycles. The minimum atomic E-state index is -1.03. The number of carbonyl (C=O) groups is 4. The van der Waals surface area contributed by atoms with Crippen molar-refractivity contribution in [3.8, 4) is 0 Å². The number of methoxy groups -OCH3 is 1. The van der Waals surface area contributed by atoms with E-state index in [0.29, 0.717) is 18.4 Å². The van der Waals surface area contributed by atoms with Crippen LogP contribution in [0.4, 0.5) is 0 Å². The number of amides is 2. The lowest BCUT2D eigenvalue weighted by Crippen LogP contribution is -2.40. The first kappa shape index (κ1) is 29.6. The lowest BCUT2D eigenvalue weighted by atomic mass is 9.85. The Hall–Kier alpha value is -2.62. The zero-order valence-corrected chi connectivity index (χ0v) is 21.5. The number of hydrogen-bond acceptors (Lipinski definition) is 8. The molecule has 2 rings (SSSR count). The summed E-state index contributed by atoms with van der Waals surface area (Å²) < 4.78 is 11.1. The van der Waals surface area contributed by atoms with E-state index >= 15 is 0 Å². The van der Waals surface area contributed by atoms with Gasteiger partial charge in [0.05, 0.1) is 18.1 Å². The molecule has 9 nitrogen and oxygen atoms in total. The van der Waals surface area contributed by atoms with Crippen molar-refractivity contribution in [2.45, 2.75) is 83.7 Å². The molecule has 2 aliphatic heterocycles. The molecule has 200 valence electrons. The number of piperidine rings is 1. The molecule has 0 aromatic rings. The molecule has 1 unspecified atom stereocenters. The number of cyclic esters (lactones) is 1. The highest BCUT2D eigenvalue weighted by molar-refractivity contribution is 5.97. The van der Waals surface area contributed by atoms with Crippen molar-refractivity contribution >= 4 is 23.6 Å². The van der Waals surface area contributed by atoms with Crippen LogP contribution in [0.1, 0.15) is 59.3 Å². The van der Waals surface area contributed by atoms with Crippen molar-refractivity contribution in [2.75, 3.05) is 7.11 Å². The first-order chi connectivity index (χ1) is 17.0. The highest BCUT2D eigenvalue weighted by atomic mass is 16.5. The maximum absolute atomic E-state index is 13.1. The van der Waals surface area contributed by atoms with E-state index in [-0.39, 0.29) is 55.1 Å². The molecule has 1 fully saturated rings. The fourth-order valence-corrected chi connectivity index (χ4v) is 4.67. The topological polar surface area (TPSA) is 139 Å². The molecule has 9 heteroatoms. The normalized spacial score (nSPS) is 31.7. The second-order valence-corrected chi connectivity index (χ2v) is 9.82. The molecule has 0 radical (unpaired) electrons. The number of imide groups is 1. The smallest absolute Gasteiger partial charge is 0.331 e. The number of allylic oxidation sites excluding steroid dienone is 2. The third-order valence-corrected chi connectivity index (χ3v) is 6.68. The van der Waals surface area contributed by atoms with Gasteiger partial charge in [-0.1, -0.05) is 38.2 Å². The minimum Gasteiger partial charge on any atom is -0.454 e. The first-order valence-electron chi connectivity index (χ1n) is 12.5. The monoisotopic (exact) mass is 505 g/mol. The summed E-state index contributed by atoms with van der Waals surface area (Å²) >= 11 is 0. The lowest BCUT2D eigenvalue weighted by Gasteiger charge is -2.28. The van der Waals surface area contributed by atoms with Crippen LogP contribution in [0.2, 0.25) is 0 Å². The molecule has 36 heavy (non-hydrogen) atoms. The largest absolute Gasteiger partial charge is 0.454 e. The molecule has 0 saturated carbocycles. The molecular weight excluding hydrogens is 466 g/mol. The molecule has 2 aliphatic rings. The van der Waals surface area contributed by atoms with Crippen LogP contribution < -0.4 is 5.32 Å². The molecule has 6 atom stereocenters. The van der Waals surface area contributed by atoms with Gasteiger partial charge in [-0.3, -0.25) is 19.7 Å². The second-order valence-electron chi connectivity index (χ2n) is 9.82. The molecule has 0 spiro atoms. The molecule has 0 aliphatic carbocycles. The summed E-state index contributed by atoms with van der Waals surface area (Å²) in [5.74, 6) is -3.10. The van der Waals surface area contributed by atoms with Crippen LogP contribution in [-0.4, -0.2) is 65.3 Å². The van der Waals surface area contributed by atoms with E-state index in [9.17, 15) is 29.4 Å². The maximum atomic E-state index is 13.1. The summed E-state index contributed by atoms with van der Waals surface area (Å²) in [6, 6.07) is 0. The molecule has 2 amide bonds. The average molecular weight is 506 g/mol. The number of rotatable bonds is 7. The second kappa shape index (κ2) is 14.2. The fourth-order valence-electron chi connectivity index (χ4n) is 4.67. The van der Waals surface area contributed by atoms with Gasteiger partial charge in [-0.15, -0.1) is 0 Å². The van der Waals surface area contributed by atoms with Crippen LogP contribution in [0.5, 0.6) is 0 Å². The number of esters is 1. The Kier molecular flexibility index (Phi) is 11.7. The van der Waals surface area contributed by atoms with Gasteiger partial charge in [-0.2, -0.15) is 0 Å². The number of carbonyl (C=O) groups excluding carboxylic acids is 4. The molecular formula is C27H39NO8. The van der Waals surface area contributed by atoms with Crippen molar-refractivity contribution < 1.29 is 38.9 Å². The Morgan fingerprint density at radius 1 is 1.19 bits per heavy atom. The number of ether oxygens (including phenoxy) is 2. The highest BCUT2D eigenvalue weighted by Crippen LogP contribution is 2.26. The summed E-state index contributed by atoms with van der Waals surface area (Å²) in [4.78, 5) is 48.7. The van der Waals surface area contributed by atoms with Crippen molar-refractivity contribution in [1.29, 1.82) is 0 Å². The van der Waals surface area contributed by atoms with E-state index in [1.54, 1.807) is 32.1 Å². The molecule has 3 N–H and O–H groups in total. The van der Waals surface area contributed by atoms with Crippen LogP contribution in [0.25, 0.3) is 0 Å². The van der Waals surface area contributed by atoms with E-state index < -0.39 is 36.3 Å². The SMILES string of the molecule is CO[C@H]1/C=C/CC/C=C/C(=O)OC([C@H](C)C(=O)C[C@@H](O)CC2CC(=O)NC(=O)C2)/C(C)=C\[C@@H](C)[C@@H]1O. The van der Waals surface area contributed by atoms with Gasteiger partial charge in [-0.25, -0.2) is 4.79 Å². The van der Waals surface area contributed by atoms with Gasteiger partial charge in [0.15, 0.2) is 0 Å². The maximum Gasteiger partial charge on any atom is 0.331 e. The number of hydrogen-bond donors (Lipinski definition) is 3. The predicted molar refractivity (Wildman–Crippen MR) is 132 cm³/mol. The Balaban J connectivity index is 2.17. The zero-order valence-electron chi connectivity index (χ0n) is 21.5. The van der Waals surface area contributed by atoms with Crippen LogP contribution in [0, 0.1) is 17.8 Å². The van der Waals surface area contributed by atoms with Gasteiger partial charge in [0, 0.05) is 38.4 Å². The quantitative estimate of drug-likeness (QED) is 0.272. The Morgan fingerprint density at radius 2 is 1.83 bits per heavy atom. The van der Waals surface area contributed by atoms with Crippen molar-refractivity contribution in [3.05, 3.63) is 36.0 Å². The standard InChI is InChI=1S/C27H39NO8/c1-16-11-17(2)27(36-25(33)10-8-6-5-7-9-22(35-4)26(16)34)18(3)21(30)15-20(29)12-19-13-23(31)28-24(32)14-19/h7-11,16,18-20,22,26-27,29,34H,5-6,12-15H2,1-4H3,(H,28,31,32)/b9-7+,10-8+,17-11-/t16-,18-,20+,22+,26+,27?/m1/s1. The van der Waals surface area contributed by atoms with Crippen molar-refractivity contribution in [3.63, 3.8) is 0 Å². The van der Waals surface area contributed by atoms with E-state index in [1.165, 1.54) is 13.2 Å². The fraction of sp³-hybridized carbons (Fsp3) is 0.630. The van der Waals surface area contributed by atoms with Crippen LogP contribution >= 0.6 is 0 Å². The lowest BCUT2D eigenvalue weighted by molar-refractivity contribution is -0.145. The van der Waals surface area contributed by atoms with Gasteiger partial charge in [-0.05, 0) is 37.7 Å². The summed E-state index contributed by atoms with van der Waals surface area (Å²) in [7, 11) is 1.52. The Bertz CT molecular complexity index is 876. The van der Waals surface area contributed by atoms with Gasteiger partial charge in [0.1, 0.15) is 18.0 Å². The van der Waals surface area contributed by atoms with Crippen LogP contribution in [0.15, 0.2) is 36.0 Å². The Morgan fingerprint density at radius 3 is 2.47 bits per heavy atom. The molecule has 0 aromatic heterocycles. The van der Waals surface area contributed by atoms with E-state index in [2.05, 4.69) is 5.32 Å². The summed E-state index contributed by atoms with van der Waals surface area (Å²) in [5.41, 5.74) is 0.601. The summed E-state index contributed by atoms with van der Waals surface area (Å²) in [6.07, 6.45) is 6.66. The highest BCUT2D eigenvalue weighted by Gasteiger charge is 2.33. The summed E-state index contributed by atoms with van der Waals surface area (Å²) in [6.45, 7) is 5.19. The number of aliphatic hydroxyl groups is 2. The third kappa shape index (κ3) is 9.11. The van der Waals surface area contributed by atoms with Crippen molar-refractivity contribution in [2.24, 2.45) is 17.8 Å². The Labute approximate surface area is 212 Å². The molecule has 1 saturated heterocycles. The van der Waals surface area contributed by atoms with Gasteiger partial charge >= 0.3 is 5.97 Å². The number of nitrogens with one attached hydrogen (secondary N) is 1. The number of ketones is 1. The first-order valence-corrected chi connectivity index (χ1v) is 12.5. The van der Waals surface area contributed by atoms with E-state index in [1.807, 2.05) is 13.0 Å². The van der Waals surface area contributed by atoms with E-state index in [4.69, 9.17) is 9.47 Å². The van der Waals surface area contributed by atoms with E-state index in [0.717, 1.165) is 0 Å². The zero-order chi connectivity index (χ0) is 26.8. The minimum absolute atomic E-state index is 0.124. The molecule has 0 bridgehead atoms. The average Bonchev–Trinajstić information content (AvgIpc) is 2.79. The third-order valence-electron chi connectivity index (χ3n) is 6.68. The summed E-state index contributed by atoms with van der Waals surface area (Å²) in [5, 5.41) is 23.5. The predicted octanol–water partition coefficient (Wildman–Crippen LogP) is 2.16. The van der Waals surface area contributed by atoms with Crippen LogP contribution in [-0.2, 0) is 28.7 Å². The number of Topliss-reactive ketones (excluding diaryl/α,β-unsaturated/α-hetero) is 1.